The Balaban J connectivity index is 1.90. The second-order valence-corrected chi connectivity index (χ2v) is 6.36. The van der Waals surface area contributed by atoms with Gasteiger partial charge in [-0.15, -0.1) is 0 Å². The zero-order chi connectivity index (χ0) is 17.6. The fraction of sp³-hybridized carbons (Fsp3) is 0.500. The number of phosphoric ester groups is 1. The van der Waals surface area contributed by atoms with E-state index in [1.165, 1.54) is 6.20 Å². The predicted molar refractivity (Wildman–Crippen MR) is 75.6 cm³/mol. The minimum atomic E-state index is -4.76. The molecule has 7 N–H and O–H groups in total. The number of anilines is 1. The summed E-state index contributed by atoms with van der Waals surface area (Å²) in [6.07, 6.45) is -4.06. The Bertz CT molecular complexity index is 861. The van der Waals surface area contributed by atoms with Crippen LogP contribution in [0.2, 0.25) is 0 Å². The Morgan fingerprint density at radius 2 is 2.12 bits per heavy atom. The Hall–Kier alpha value is -1.86. The number of rotatable bonds is 4. The normalized spacial score (nSPS) is 27.8. The topological polar surface area (TPSA) is 206 Å². The number of aromatic nitrogens is 4. The summed E-state index contributed by atoms with van der Waals surface area (Å²) in [7, 11) is -4.76. The SMILES string of the molecule is Nc1nc2c(C3OC(COP(=O)(O)O)C(O)C3O)cnn2c(=O)[nH]1. The van der Waals surface area contributed by atoms with E-state index in [1.54, 1.807) is 0 Å². The Morgan fingerprint density at radius 1 is 1.42 bits per heavy atom. The number of aliphatic hydroxyl groups excluding tert-OH is 2. The van der Waals surface area contributed by atoms with Crippen molar-refractivity contribution in [3.05, 3.63) is 22.2 Å². The van der Waals surface area contributed by atoms with Gasteiger partial charge in [-0.05, 0) is 0 Å². The highest BCUT2D eigenvalue weighted by Crippen LogP contribution is 2.39. The summed E-state index contributed by atoms with van der Waals surface area (Å²) < 4.78 is 21.3. The number of nitrogens with zero attached hydrogens (tertiary/aromatic N) is 3. The molecule has 0 saturated carbocycles. The molecule has 4 unspecified atom stereocenters. The van der Waals surface area contributed by atoms with Crippen LogP contribution in [0, 0.1) is 0 Å². The van der Waals surface area contributed by atoms with Crippen molar-refractivity contribution >= 4 is 19.4 Å². The molecule has 4 atom stereocenters. The number of ether oxygens (including phenoxy) is 1. The van der Waals surface area contributed by atoms with Crippen LogP contribution in [0.3, 0.4) is 0 Å². The van der Waals surface area contributed by atoms with E-state index in [0.717, 1.165) is 4.52 Å². The largest absolute Gasteiger partial charge is 0.469 e. The lowest BCUT2D eigenvalue weighted by Crippen LogP contribution is -2.33. The van der Waals surface area contributed by atoms with Crippen molar-refractivity contribution in [3.63, 3.8) is 0 Å². The molecule has 132 valence electrons. The highest BCUT2D eigenvalue weighted by Gasteiger charge is 2.45. The molecule has 13 nitrogen and oxygen atoms in total. The van der Waals surface area contributed by atoms with Crippen molar-refractivity contribution in [1.29, 1.82) is 0 Å². The van der Waals surface area contributed by atoms with E-state index < -0.39 is 44.5 Å². The Kier molecular flexibility index (Phi) is 4.17. The van der Waals surface area contributed by atoms with E-state index in [9.17, 15) is 19.6 Å². The standard InChI is InChI=1S/C10H14N5O8P/c11-9-13-8-3(1-12-15(8)10(18)14-9)7-6(17)5(16)4(23-7)2-22-24(19,20)21/h1,4-7,16-17H,2H2,(H2,19,20,21)(H3,11,13,14,18). The van der Waals surface area contributed by atoms with Crippen molar-refractivity contribution in [2.45, 2.75) is 24.4 Å². The highest BCUT2D eigenvalue weighted by molar-refractivity contribution is 7.46. The number of H-pyrrole nitrogens is 1. The van der Waals surface area contributed by atoms with Crippen LogP contribution in [0.1, 0.15) is 11.7 Å². The number of hydrogen-bond donors (Lipinski definition) is 6. The van der Waals surface area contributed by atoms with Gasteiger partial charge in [0.2, 0.25) is 5.95 Å². The smallest absolute Gasteiger partial charge is 0.387 e. The first-order valence-electron chi connectivity index (χ1n) is 6.62. The first kappa shape index (κ1) is 17.0. The molecule has 1 aliphatic rings. The number of aromatic amines is 1. The van der Waals surface area contributed by atoms with Gasteiger partial charge in [0.05, 0.1) is 12.8 Å². The van der Waals surface area contributed by atoms with E-state index in [0.29, 0.717) is 0 Å². The predicted octanol–water partition coefficient (Wildman–Crippen LogP) is -2.73. The van der Waals surface area contributed by atoms with Gasteiger partial charge in [-0.3, -0.25) is 9.51 Å². The van der Waals surface area contributed by atoms with Crippen LogP contribution in [0.5, 0.6) is 0 Å². The van der Waals surface area contributed by atoms with Gasteiger partial charge in [-0.2, -0.15) is 14.6 Å². The van der Waals surface area contributed by atoms with Crippen LogP contribution in [-0.4, -0.2) is 64.5 Å². The van der Waals surface area contributed by atoms with Gasteiger partial charge in [0.25, 0.3) is 0 Å². The van der Waals surface area contributed by atoms with Crippen LogP contribution in [0.15, 0.2) is 11.0 Å². The molecule has 2 aromatic heterocycles. The first-order chi connectivity index (χ1) is 11.2. The summed E-state index contributed by atoms with van der Waals surface area (Å²) in [4.78, 5) is 35.2. The van der Waals surface area contributed by atoms with Crippen LogP contribution >= 0.6 is 7.82 Å². The van der Waals surface area contributed by atoms with Crippen molar-refractivity contribution < 1.29 is 33.8 Å². The molecule has 1 fully saturated rings. The van der Waals surface area contributed by atoms with Gasteiger partial charge in [0.15, 0.2) is 5.65 Å². The summed E-state index contributed by atoms with van der Waals surface area (Å²) in [5, 5.41) is 23.9. The van der Waals surface area contributed by atoms with Crippen molar-refractivity contribution in [3.8, 4) is 0 Å². The molecule has 14 heteroatoms. The molecule has 1 saturated heterocycles. The molecule has 24 heavy (non-hydrogen) atoms. The van der Waals surface area contributed by atoms with Crippen molar-refractivity contribution in [1.82, 2.24) is 19.6 Å². The van der Waals surface area contributed by atoms with Crippen LogP contribution in [0.4, 0.5) is 5.95 Å². The summed E-state index contributed by atoms with van der Waals surface area (Å²) in [5.41, 5.74) is 5.01. The molecule has 3 rings (SSSR count). The first-order valence-corrected chi connectivity index (χ1v) is 8.15. The maximum Gasteiger partial charge on any atom is 0.469 e. The number of nitrogens with one attached hydrogen (secondary N) is 1. The third-order valence-corrected chi connectivity index (χ3v) is 3.99. The molecule has 2 aromatic rings. The molecular weight excluding hydrogens is 349 g/mol. The van der Waals surface area contributed by atoms with Crippen LogP contribution in [0.25, 0.3) is 5.65 Å². The van der Waals surface area contributed by atoms with E-state index >= 15 is 0 Å². The molecule has 0 radical (unpaired) electrons. The number of nitrogen functional groups attached to an aromatic ring is 1. The lowest BCUT2D eigenvalue weighted by Gasteiger charge is -2.14. The molecule has 0 spiro atoms. The molecule has 0 amide bonds. The molecule has 0 bridgehead atoms. The summed E-state index contributed by atoms with van der Waals surface area (Å²) in [6, 6.07) is 0. The third-order valence-electron chi connectivity index (χ3n) is 3.50. The number of fused-ring (bicyclic) bond motifs is 1. The Morgan fingerprint density at radius 3 is 2.79 bits per heavy atom. The lowest BCUT2D eigenvalue weighted by molar-refractivity contribution is -0.0220. The van der Waals surface area contributed by atoms with E-state index in [1.807, 2.05) is 0 Å². The monoisotopic (exact) mass is 363 g/mol. The number of phosphoric acid groups is 1. The second kappa shape index (κ2) is 5.89. The van der Waals surface area contributed by atoms with Gasteiger partial charge in [0.1, 0.15) is 24.4 Å². The maximum atomic E-state index is 11.7. The zero-order valence-corrected chi connectivity index (χ0v) is 12.8. The average molecular weight is 363 g/mol. The molecule has 0 aromatic carbocycles. The lowest BCUT2D eigenvalue weighted by atomic mass is 10.0. The van der Waals surface area contributed by atoms with Crippen LogP contribution in [-0.2, 0) is 13.8 Å². The number of hydrogen-bond acceptors (Lipinski definition) is 9. The minimum absolute atomic E-state index is 0.0176. The molecule has 0 aliphatic carbocycles. The van der Waals surface area contributed by atoms with Crippen molar-refractivity contribution in [2.75, 3.05) is 12.3 Å². The third kappa shape index (κ3) is 3.06. The summed E-state index contributed by atoms with van der Waals surface area (Å²) in [5.74, 6) is -0.177. The van der Waals surface area contributed by atoms with Gasteiger partial charge < -0.3 is 30.5 Å². The maximum absolute atomic E-state index is 11.7. The van der Waals surface area contributed by atoms with Crippen molar-refractivity contribution in [2.24, 2.45) is 0 Å². The fourth-order valence-corrected chi connectivity index (χ4v) is 2.78. The second-order valence-electron chi connectivity index (χ2n) is 5.13. The van der Waals surface area contributed by atoms with Crippen LogP contribution < -0.4 is 11.4 Å². The number of aliphatic hydroxyl groups is 2. The minimum Gasteiger partial charge on any atom is -0.387 e. The Labute approximate surface area is 132 Å². The average Bonchev–Trinajstić information content (AvgIpc) is 3.00. The summed E-state index contributed by atoms with van der Waals surface area (Å²) in [6.45, 7) is -0.644. The van der Waals surface area contributed by atoms with Gasteiger partial charge >= 0.3 is 13.5 Å². The van der Waals surface area contributed by atoms with Gasteiger partial charge in [0, 0.05) is 5.56 Å². The van der Waals surface area contributed by atoms with Gasteiger partial charge in [-0.25, -0.2) is 9.36 Å². The highest BCUT2D eigenvalue weighted by atomic mass is 31.2. The molecule has 3 heterocycles. The van der Waals surface area contributed by atoms with E-state index in [-0.39, 0.29) is 17.2 Å². The zero-order valence-electron chi connectivity index (χ0n) is 11.9. The summed E-state index contributed by atoms with van der Waals surface area (Å²) >= 11 is 0. The molecule has 1 aliphatic heterocycles. The molecular formula is C10H14N5O8P. The van der Waals surface area contributed by atoms with E-state index in [4.69, 9.17) is 20.3 Å². The quantitative estimate of drug-likeness (QED) is 0.307. The van der Waals surface area contributed by atoms with Gasteiger partial charge in [-0.1, -0.05) is 0 Å². The fourth-order valence-electron chi connectivity index (χ4n) is 2.43. The van der Waals surface area contributed by atoms with E-state index in [2.05, 4.69) is 19.6 Å². The number of nitrogens with two attached hydrogens (primary N) is 1.